The minimum atomic E-state index is -3.50. The van der Waals surface area contributed by atoms with Gasteiger partial charge in [0, 0.05) is 24.2 Å². The number of H-pyrrole nitrogens is 1. The van der Waals surface area contributed by atoms with Gasteiger partial charge in [-0.3, -0.25) is 4.79 Å². The number of fused-ring (bicyclic) bond motifs is 1. The molecule has 0 saturated carbocycles. The van der Waals surface area contributed by atoms with Crippen molar-refractivity contribution < 1.29 is 13.2 Å². The molecule has 7 nitrogen and oxygen atoms in total. The summed E-state index contributed by atoms with van der Waals surface area (Å²) in [5, 5.41) is 13.9. The smallest absolute Gasteiger partial charge is 0.206 e. The summed E-state index contributed by atoms with van der Waals surface area (Å²) in [6.07, 6.45) is 1.59. The standard InChI is InChI=1S/C18H16N4O3S/c1-10-14-8-11(6-7-12(14)9-15(10)23)13-4-3-5-16(26(2,24)25)17(13)18-19-21-22-20-18/h3-8,10H,9H2,1-2H3,(H,19,20,21,22). The van der Waals surface area contributed by atoms with E-state index < -0.39 is 9.84 Å². The van der Waals surface area contributed by atoms with Gasteiger partial charge in [-0.2, -0.15) is 5.21 Å². The number of nitrogens with zero attached hydrogens (tertiary/aromatic N) is 3. The van der Waals surface area contributed by atoms with Crippen molar-refractivity contribution in [1.82, 2.24) is 20.6 Å². The number of nitrogens with one attached hydrogen (secondary N) is 1. The average Bonchev–Trinajstić information content (AvgIpc) is 3.22. The Labute approximate surface area is 150 Å². The summed E-state index contributed by atoms with van der Waals surface area (Å²) in [6, 6.07) is 10.8. The first-order valence-corrected chi connectivity index (χ1v) is 9.98. The van der Waals surface area contributed by atoms with E-state index in [9.17, 15) is 13.2 Å². The second kappa shape index (κ2) is 5.84. The van der Waals surface area contributed by atoms with E-state index in [1.807, 2.05) is 31.2 Å². The molecule has 0 fully saturated rings. The number of Topliss-reactive ketones (excluding diaryl/α,β-unsaturated/α-hetero) is 1. The highest BCUT2D eigenvalue weighted by Crippen LogP contribution is 2.38. The maximum absolute atomic E-state index is 12.3. The maximum atomic E-state index is 12.3. The van der Waals surface area contributed by atoms with Crippen molar-refractivity contribution >= 4 is 15.6 Å². The average molecular weight is 368 g/mol. The number of ketones is 1. The molecule has 1 N–H and O–H groups in total. The summed E-state index contributed by atoms with van der Waals surface area (Å²) in [4.78, 5) is 12.1. The molecular formula is C18H16N4O3S. The molecule has 2 aromatic carbocycles. The molecule has 1 atom stereocenters. The van der Waals surface area contributed by atoms with E-state index in [0.29, 0.717) is 17.5 Å². The van der Waals surface area contributed by atoms with Gasteiger partial charge in [0.1, 0.15) is 5.78 Å². The predicted molar refractivity (Wildman–Crippen MR) is 95.3 cm³/mol. The van der Waals surface area contributed by atoms with Crippen molar-refractivity contribution in [3.8, 4) is 22.5 Å². The molecule has 0 spiro atoms. The van der Waals surface area contributed by atoms with Crippen LogP contribution in [0.2, 0.25) is 0 Å². The summed E-state index contributed by atoms with van der Waals surface area (Å²) in [7, 11) is -3.50. The quantitative estimate of drug-likeness (QED) is 0.759. The van der Waals surface area contributed by atoms with Crippen molar-refractivity contribution in [2.75, 3.05) is 6.26 Å². The zero-order valence-electron chi connectivity index (χ0n) is 14.2. The molecule has 26 heavy (non-hydrogen) atoms. The molecule has 1 aliphatic carbocycles. The van der Waals surface area contributed by atoms with Gasteiger partial charge in [0.15, 0.2) is 9.84 Å². The Morgan fingerprint density at radius 2 is 2.00 bits per heavy atom. The van der Waals surface area contributed by atoms with Crippen LogP contribution in [0.1, 0.15) is 24.0 Å². The summed E-state index contributed by atoms with van der Waals surface area (Å²) >= 11 is 0. The lowest BCUT2D eigenvalue weighted by Gasteiger charge is -2.13. The van der Waals surface area contributed by atoms with Gasteiger partial charge < -0.3 is 0 Å². The van der Waals surface area contributed by atoms with E-state index in [1.54, 1.807) is 6.07 Å². The summed E-state index contributed by atoms with van der Waals surface area (Å²) in [5.41, 5.74) is 3.91. The van der Waals surface area contributed by atoms with E-state index in [1.165, 1.54) is 6.07 Å². The van der Waals surface area contributed by atoms with Crippen LogP contribution in [0.5, 0.6) is 0 Å². The number of sulfone groups is 1. The zero-order chi connectivity index (χ0) is 18.5. The number of benzene rings is 2. The van der Waals surface area contributed by atoms with E-state index >= 15 is 0 Å². The molecule has 3 aromatic rings. The lowest BCUT2D eigenvalue weighted by Crippen LogP contribution is -2.03. The highest BCUT2D eigenvalue weighted by atomic mass is 32.2. The van der Waals surface area contributed by atoms with Gasteiger partial charge in [0.2, 0.25) is 5.82 Å². The van der Waals surface area contributed by atoms with E-state index in [0.717, 1.165) is 22.9 Å². The third-order valence-electron chi connectivity index (χ3n) is 4.77. The lowest BCUT2D eigenvalue weighted by molar-refractivity contribution is -0.118. The molecule has 4 rings (SSSR count). The molecule has 1 aliphatic rings. The Kier molecular flexibility index (Phi) is 3.73. The Morgan fingerprint density at radius 1 is 1.19 bits per heavy atom. The van der Waals surface area contributed by atoms with Crippen LogP contribution in [-0.2, 0) is 21.1 Å². The van der Waals surface area contributed by atoms with Crippen LogP contribution >= 0.6 is 0 Å². The van der Waals surface area contributed by atoms with Crippen molar-refractivity contribution in [2.45, 2.75) is 24.2 Å². The number of rotatable bonds is 3. The van der Waals surface area contributed by atoms with Gasteiger partial charge in [-0.1, -0.05) is 37.3 Å². The van der Waals surface area contributed by atoms with E-state index in [2.05, 4.69) is 20.6 Å². The Bertz CT molecular complexity index is 1120. The number of hydrogen-bond acceptors (Lipinski definition) is 6. The molecule has 0 amide bonds. The van der Waals surface area contributed by atoms with Crippen molar-refractivity contribution in [3.63, 3.8) is 0 Å². The summed E-state index contributed by atoms with van der Waals surface area (Å²) < 4.78 is 24.6. The second-order valence-electron chi connectivity index (χ2n) is 6.46. The number of hydrogen-bond donors (Lipinski definition) is 1. The third-order valence-corrected chi connectivity index (χ3v) is 5.90. The number of tetrazole rings is 1. The molecule has 8 heteroatoms. The van der Waals surface area contributed by atoms with Crippen LogP contribution in [0.4, 0.5) is 0 Å². The van der Waals surface area contributed by atoms with Crippen LogP contribution in [0, 0.1) is 0 Å². The van der Waals surface area contributed by atoms with Crippen LogP contribution in [0.3, 0.4) is 0 Å². The topological polar surface area (TPSA) is 106 Å². The number of aromatic amines is 1. The molecule has 1 heterocycles. The second-order valence-corrected chi connectivity index (χ2v) is 8.45. The first-order valence-electron chi connectivity index (χ1n) is 8.09. The minimum absolute atomic E-state index is 0.140. The first kappa shape index (κ1) is 16.6. The lowest BCUT2D eigenvalue weighted by atomic mass is 9.94. The van der Waals surface area contributed by atoms with Gasteiger partial charge in [0.05, 0.1) is 4.90 Å². The number of carbonyl (C=O) groups is 1. The van der Waals surface area contributed by atoms with Gasteiger partial charge >= 0.3 is 0 Å². The first-order chi connectivity index (χ1) is 12.4. The van der Waals surface area contributed by atoms with Gasteiger partial charge in [0.25, 0.3) is 0 Å². The fourth-order valence-electron chi connectivity index (χ4n) is 3.42. The van der Waals surface area contributed by atoms with Crippen molar-refractivity contribution in [2.24, 2.45) is 0 Å². The molecule has 0 bridgehead atoms. The van der Waals surface area contributed by atoms with Crippen LogP contribution in [0.15, 0.2) is 41.3 Å². The number of aromatic nitrogens is 4. The van der Waals surface area contributed by atoms with Crippen molar-refractivity contribution in [3.05, 3.63) is 47.5 Å². The molecule has 1 aromatic heterocycles. The molecule has 0 saturated heterocycles. The number of carbonyl (C=O) groups excluding carboxylic acids is 1. The molecule has 1 unspecified atom stereocenters. The van der Waals surface area contributed by atoms with Crippen LogP contribution < -0.4 is 0 Å². The SMILES string of the molecule is CC1C(=O)Cc2ccc(-c3cccc(S(C)(=O)=O)c3-c3nn[nH]n3)cc21. The highest BCUT2D eigenvalue weighted by Gasteiger charge is 2.28. The molecule has 0 radical (unpaired) electrons. The van der Waals surface area contributed by atoms with Gasteiger partial charge in [-0.25, -0.2) is 8.42 Å². The van der Waals surface area contributed by atoms with Crippen LogP contribution in [0.25, 0.3) is 22.5 Å². The zero-order valence-corrected chi connectivity index (χ0v) is 15.0. The monoisotopic (exact) mass is 368 g/mol. The minimum Gasteiger partial charge on any atom is -0.299 e. The fraction of sp³-hybridized carbons (Fsp3) is 0.222. The predicted octanol–water partition coefficient (Wildman–Crippen LogP) is 2.17. The Morgan fingerprint density at radius 3 is 2.69 bits per heavy atom. The Balaban J connectivity index is 1.98. The van der Waals surface area contributed by atoms with Crippen LogP contribution in [-0.4, -0.2) is 41.1 Å². The molecule has 0 aliphatic heterocycles. The fourth-order valence-corrected chi connectivity index (χ4v) is 4.32. The van der Waals surface area contributed by atoms with Gasteiger partial charge in [-0.15, -0.1) is 10.2 Å². The van der Waals surface area contributed by atoms with Gasteiger partial charge in [-0.05, 0) is 33.5 Å². The highest BCUT2D eigenvalue weighted by molar-refractivity contribution is 7.90. The van der Waals surface area contributed by atoms with E-state index in [4.69, 9.17) is 0 Å². The largest absolute Gasteiger partial charge is 0.299 e. The molecule has 132 valence electrons. The third kappa shape index (κ3) is 2.62. The van der Waals surface area contributed by atoms with Crippen molar-refractivity contribution in [1.29, 1.82) is 0 Å². The normalized spacial score (nSPS) is 16.7. The summed E-state index contributed by atoms with van der Waals surface area (Å²) in [5.74, 6) is 0.253. The summed E-state index contributed by atoms with van der Waals surface area (Å²) in [6.45, 7) is 1.89. The molecular weight excluding hydrogens is 352 g/mol. The Hall–Kier alpha value is -2.87. The van der Waals surface area contributed by atoms with E-state index in [-0.39, 0.29) is 22.4 Å². The maximum Gasteiger partial charge on any atom is 0.206 e.